The van der Waals surface area contributed by atoms with Gasteiger partial charge in [0.25, 0.3) is 6.08 Å². The third-order valence-corrected chi connectivity index (χ3v) is 15.7. The first kappa shape index (κ1) is 36.0. The number of thioether (sulfide) groups is 1. The van der Waals surface area contributed by atoms with Gasteiger partial charge in [0.1, 0.15) is 5.75 Å². The Balaban J connectivity index is 0.887. The number of halogens is 2. The lowest BCUT2D eigenvalue weighted by atomic mass is 9.47. The molecule has 0 radical (unpaired) electrons. The van der Waals surface area contributed by atoms with E-state index in [4.69, 9.17) is 18.9 Å². The van der Waals surface area contributed by atoms with Gasteiger partial charge in [-0.15, -0.1) is 11.8 Å². The molecule has 2 aliphatic heterocycles. The third kappa shape index (κ3) is 6.93. The molecule has 272 valence electrons. The minimum Gasteiger partial charge on any atom is -0.497 e. The fraction of sp³-hybridized carbons (Fsp3) is 0.762. The lowest BCUT2D eigenvalue weighted by molar-refractivity contribution is -0.272. The van der Waals surface area contributed by atoms with Crippen molar-refractivity contribution in [2.75, 3.05) is 20.3 Å². The van der Waals surface area contributed by atoms with E-state index < -0.39 is 6.08 Å². The first-order chi connectivity index (χ1) is 23.5. The van der Waals surface area contributed by atoms with E-state index in [-0.39, 0.29) is 11.0 Å². The quantitative estimate of drug-likeness (QED) is 0.131. The van der Waals surface area contributed by atoms with Crippen molar-refractivity contribution in [2.45, 2.75) is 139 Å². The van der Waals surface area contributed by atoms with Crippen LogP contribution in [0.4, 0.5) is 8.78 Å². The molecule has 7 rings (SSSR count). The lowest BCUT2D eigenvalue weighted by Gasteiger charge is -2.58. The van der Waals surface area contributed by atoms with Crippen molar-refractivity contribution in [1.29, 1.82) is 0 Å². The van der Waals surface area contributed by atoms with Crippen LogP contribution in [0.2, 0.25) is 0 Å². The second kappa shape index (κ2) is 14.5. The van der Waals surface area contributed by atoms with Gasteiger partial charge in [0.2, 0.25) is 0 Å². The lowest BCUT2D eigenvalue weighted by Crippen LogP contribution is -2.52. The third-order valence-electron chi connectivity index (χ3n) is 14.5. The van der Waals surface area contributed by atoms with Crippen LogP contribution in [0.25, 0.3) is 0 Å². The number of allylic oxidation sites excluding steroid dienone is 1. The molecule has 7 heteroatoms. The number of benzene rings is 1. The van der Waals surface area contributed by atoms with Crippen molar-refractivity contribution < 1.29 is 27.7 Å². The fourth-order valence-corrected chi connectivity index (χ4v) is 12.9. The molecule has 2 saturated heterocycles. The Labute approximate surface area is 298 Å². The van der Waals surface area contributed by atoms with E-state index in [0.717, 1.165) is 92.6 Å². The highest BCUT2D eigenvalue weighted by Crippen LogP contribution is 2.70. The second-order valence-electron chi connectivity index (χ2n) is 17.2. The zero-order valence-corrected chi connectivity index (χ0v) is 31.4. The monoisotopic (exact) mass is 698 g/mol. The molecule has 0 bridgehead atoms. The average Bonchev–Trinajstić information content (AvgIpc) is 3.53. The molecule has 0 amide bonds. The number of methoxy groups -OCH3 is 1. The summed E-state index contributed by atoms with van der Waals surface area (Å²) in [7, 11) is 1.63. The van der Waals surface area contributed by atoms with E-state index in [2.05, 4.69) is 33.8 Å². The van der Waals surface area contributed by atoms with Crippen molar-refractivity contribution in [1.82, 2.24) is 0 Å². The molecule has 3 saturated carbocycles. The predicted octanol–water partition coefficient (Wildman–Crippen LogP) is 11.2. The molecule has 1 aromatic carbocycles. The normalized spacial score (nSPS) is 41.7. The van der Waals surface area contributed by atoms with Crippen LogP contribution in [0.1, 0.15) is 111 Å². The van der Waals surface area contributed by atoms with Gasteiger partial charge in [-0.2, -0.15) is 8.78 Å². The molecule has 0 N–H and O–H groups in total. The Hall–Kier alpha value is -1.41. The van der Waals surface area contributed by atoms with Crippen LogP contribution in [0.5, 0.6) is 5.75 Å². The topological polar surface area (TPSA) is 36.9 Å². The summed E-state index contributed by atoms with van der Waals surface area (Å²) >= 11 is 1.49. The summed E-state index contributed by atoms with van der Waals surface area (Å²) in [4.78, 5) is 0.980. The zero-order valence-electron chi connectivity index (χ0n) is 30.6. The maximum absolute atomic E-state index is 13.2. The molecular formula is C42H60F2O4S. The second-order valence-corrected chi connectivity index (χ2v) is 18.5. The maximum Gasteiger partial charge on any atom is 0.267 e. The molecule has 12 atom stereocenters. The largest absolute Gasteiger partial charge is 0.497 e. The van der Waals surface area contributed by atoms with E-state index >= 15 is 0 Å². The Morgan fingerprint density at radius 3 is 2.57 bits per heavy atom. The predicted molar refractivity (Wildman–Crippen MR) is 193 cm³/mol. The Kier molecular flexibility index (Phi) is 10.7. The van der Waals surface area contributed by atoms with Gasteiger partial charge >= 0.3 is 0 Å². The van der Waals surface area contributed by atoms with Crippen LogP contribution in [0.15, 0.2) is 53.0 Å². The number of hydrogen-bond acceptors (Lipinski definition) is 5. The highest BCUT2D eigenvalue weighted by atomic mass is 32.2. The average molecular weight is 699 g/mol. The standard InChI is InChI=1S/C42H60F2O4S/c1-27-16-21-42(47-26-27)28(2)39-37(48-42)25-36-34-15-10-29-23-31(17-19-40(29,3)35(34)18-20-41(36,39)4)46-22-8-6-7-9-33(24-38(43)44)49-32-13-11-30(45-5)12-14-32/h10-14,24,27-28,31,33-37,39H,6-9,15-23,25-26H2,1-5H3/t27-,28+,31+,33-,34-,35+,36+,37+,39+,40+,41+,42-/m1/s1. The molecule has 1 spiro atoms. The van der Waals surface area contributed by atoms with Crippen LogP contribution in [-0.2, 0) is 14.2 Å². The Morgan fingerprint density at radius 2 is 1.84 bits per heavy atom. The Morgan fingerprint density at radius 1 is 1.02 bits per heavy atom. The van der Waals surface area contributed by atoms with Crippen LogP contribution in [0, 0.1) is 46.3 Å². The Bertz CT molecular complexity index is 1350. The van der Waals surface area contributed by atoms with E-state index in [0.29, 0.717) is 40.8 Å². The van der Waals surface area contributed by atoms with Crippen LogP contribution < -0.4 is 4.74 Å². The fourth-order valence-electron chi connectivity index (χ4n) is 11.8. The van der Waals surface area contributed by atoms with Gasteiger partial charge in [0.15, 0.2) is 5.79 Å². The van der Waals surface area contributed by atoms with Crippen molar-refractivity contribution in [3.05, 3.63) is 48.1 Å². The van der Waals surface area contributed by atoms with Gasteiger partial charge < -0.3 is 18.9 Å². The van der Waals surface area contributed by atoms with E-state index in [1.165, 1.54) is 50.3 Å². The molecule has 1 aromatic rings. The van der Waals surface area contributed by atoms with Crippen LogP contribution >= 0.6 is 11.8 Å². The van der Waals surface area contributed by atoms with Crippen LogP contribution in [-0.4, -0.2) is 43.6 Å². The van der Waals surface area contributed by atoms with Gasteiger partial charge in [0, 0.05) is 29.1 Å². The first-order valence-electron chi connectivity index (χ1n) is 19.5. The highest BCUT2D eigenvalue weighted by Gasteiger charge is 2.68. The van der Waals surface area contributed by atoms with Crippen molar-refractivity contribution >= 4 is 11.8 Å². The summed E-state index contributed by atoms with van der Waals surface area (Å²) in [6.45, 7) is 11.6. The van der Waals surface area contributed by atoms with Gasteiger partial charge in [0.05, 0.1) is 25.9 Å². The molecule has 2 heterocycles. The first-order valence-corrected chi connectivity index (χ1v) is 20.4. The van der Waals surface area contributed by atoms with E-state index in [9.17, 15) is 8.78 Å². The van der Waals surface area contributed by atoms with Gasteiger partial charge in [-0.3, -0.25) is 0 Å². The van der Waals surface area contributed by atoms with Gasteiger partial charge in [-0.25, -0.2) is 0 Å². The number of fused-ring (bicyclic) bond motifs is 7. The number of rotatable bonds is 11. The highest BCUT2D eigenvalue weighted by molar-refractivity contribution is 8.00. The number of unbranched alkanes of at least 4 members (excludes halogenated alkanes) is 2. The SMILES string of the molecule is COc1ccc(S[C@@H](C=C(F)F)CCCCCO[C@H]2CC[C@@]3(C)C(=CC[C@H]4[C@@H]5C[C@@H]6O[C@]7(CC[C@@H](C)CO7)[C@@H](C)[C@@H]6[C@@]5(C)CC[C@@H]43)C2)cc1. The summed E-state index contributed by atoms with van der Waals surface area (Å²) < 4.78 is 51.6. The number of ether oxygens (including phenoxy) is 4. The minimum absolute atomic E-state index is 0.235. The van der Waals surface area contributed by atoms with Crippen molar-refractivity contribution in [3.63, 3.8) is 0 Å². The smallest absolute Gasteiger partial charge is 0.267 e. The van der Waals surface area contributed by atoms with Crippen molar-refractivity contribution in [3.8, 4) is 5.75 Å². The molecule has 5 fully saturated rings. The van der Waals surface area contributed by atoms with Gasteiger partial charge in [-0.05, 0) is 135 Å². The van der Waals surface area contributed by atoms with E-state index in [1.54, 1.807) is 12.7 Å². The summed E-state index contributed by atoms with van der Waals surface area (Å²) in [6, 6.07) is 7.63. The van der Waals surface area contributed by atoms with Crippen molar-refractivity contribution in [2.24, 2.45) is 46.3 Å². The molecule has 6 aliphatic rings. The maximum atomic E-state index is 13.2. The summed E-state index contributed by atoms with van der Waals surface area (Å²) in [5.41, 5.74) is 2.32. The minimum atomic E-state index is -1.60. The van der Waals surface area contributed by atoms with Gasteiger partial charge in [-0.1, -0.05) is 52.2 Å². The molecule has 0 aromatic heterocycles. The molecule has 0 unspecified atom stereocenters. The molecule has 49 heavy (non-hydrogen) atoms. The van der Waals surface area contributed by atoms with E-state index in [1.807, 2.05) is 24.3 Å². The zero-order chi connectivity index (χ0) is 34.4. The number of hydrogen-bond donors (Lipinski definition) is 0. The summed E-state index contributed by atoms with van der Waals surface area (Å²) in [5.74, 6) is 4.47. The molecule has 4 aliphatic carbocycles. The van der Waals surface area contributed by atoms with Crippen LogP contribution in [0.3, 0.4) is 0 Å². The molecular weight excluding hydrogens is 639 g/mol. The molecule has 4 nitrogen and oxygen atoms in total. The summed E-state index contributed by atoms with van der Waals surface area (Å²) in [5, 5.41) is -0.235. The summed E-state index contributed by atoms with van der Waals surface area (Å²) in [6.07, 6.45) is 17.3.